The Morgan fingerprint density at radius 3 is 1.94 bits per heavy atom. The average Bonchev–Trinajstić information content (AvgIpc) is 2.82. The molecule has 0 bridgehead atoms. The summed E-state index contributed by atoms with van der Waals surface area (Å²) in [6, 6.07) is 4.68. The molecule has 1 rings (SSSR count). The Balaban J connectivity index is 3.01. The van der Waals surface area contributed by atoms with Crippen LogP contribution in [0.4, 0.5) is 0 Å². The fraction of sp³-hybridized carbons (Fsp3) is 0.560. The van der Waals surface area contributed by atoms with Crippen LogP contribution in [0.3, 0.4) is 0 Å². The lowest BCUT2D eigenvalue weighted by molar-refractivity contribution is -0.144. The van der Waals surface area contributed by atoms with E-state index in [1.807, 2.05) is 37.3 Å². The zero-order valence-corrected chi connectivity index (χ0v) is 21.2. The van der Waals surface area contributed by atoms with Crippen LogP contribution in [-0.4, -0.2) is 64.0 Å². The predicted molar refractivity (Wildman–Crippen MR) is 133 cm³/mol. The average molecular weight is 507 g/mol. The summed E-state index contributed by atoms with van der Waals surface area (Å²) in [4.78, 5) is 61.3. The van der Waals surface area contributed by atoms with E-state index in [4.69, 9.17) is 10.8 Å². The van der Waals surface area contributed by atoms with Crippen LogP contribution in [0.1, 0.15) is 52.5 Å². The number of hydrogen-bond acceptors (Lipinski definition) is 6. The first-order valence-corrected chi connectivity index (χ1v) is 12.0. The minimum atomic E-state index is -1.31. The summed E-state index contributed by atoms with van der Waals surface area (Å²) < 4.78 is 0. The molecular weight excluding hydrogens is 468 g/mol. The number of carbonyl (C=O) groups is 5. The van der Waals surface area contributed by atoms with E-state index in [1.165, 1.54) is 0 Å². The zero-order chi connectivity index (χ0) is 27.4. The van der Waals surface area contributed by atoms with E-state index in [9.17, 15) is 29.1 Å². The molecule has 11 heteroatoms. The first-order chi connectivity index (χ1) is 16.9. The Labute approximate surface area is 211 Å². The zero-order valence-electron chi connectivity index (χ0n) is 21.2. The highest BCUT2D eigenvalue weighted by Crippen LogP contribution is 2.11. The van der Waals surface area contributed by atoms with Gasteiger partial charge in [-0.15, -0.1) is 0 Å². The van der Waals surface area contributed by atoms with Gasteiger partial charge in [0.1, 0.15) is 18.1 Å². The third-order valence-corrected chi connectivity index (χ3v) is 5.94. The second-order valence-corrected chi connectivity index (χ2v) is 9.23. The molecule has 36 heavy (non-hydrogen) atoms. The highest BCUT2D eigenvalue weighted by molar-refractivity contribution is 5.94. The molecule has 200 valence electrons. The van der Waals surface area contributed by atoms with Crippen molar-refractivity contribution in [3.8, 4) is 0 Å². The molecule has 3 amide bonds. The fourth-order valence-electron chi connectivity index (χ4n) is 3.49. The van der Waals surface area contributed by atoms with Crippen molar-refractivity contribution in [2.24, 2.45) is 17.6 Å². The maximum atomic E-state index is 13.2. The summed E-state index contributed by atoms with van der Waals surface area (Å²) in [5.74, 6) is -5.26. The number of nitrogens with two attached hydrogens (primary N) is 1. The van der Waals surface area contributed by atoms with Gasteiger partial charge in [-0.1, -0.05) is 64.4 Å². The summed E-state index contributed by atoms with van der Waals surface area (Å²) in [6.07, 6.45) is 0.0930. The van der Waals surface area contributed by atoms with Crippen LogP contribution >= 0.6 is 0 Å². The number of carboxylic acid groups (broad SMARTS) is 2. The molecule has 5 unspecified atom stereocenters. The van der Waals surface area contributed by atoms with E-state index < -0.39 is 66.2 Å². The molecule has 0 heterocycles. The van der Waals surface area contributed by atoms with Gasteiger partial charge in [0.25, 0.3) is 0 Å². The van der Waals surface area contributed by atoms with Gasteiger partial charge in [-0.3, -0.25) is 19.2 Å². The second kappa shape index (κ2) is 14.8. The third-order valence-electron chi connectivity index (χ3n) is 5.94. The largest absolute Gasteiger partial charge is 0.481 e. The van der Waals surface area contributed by atoms with Crippen molar-refractivity contribution in [3.05, 3.63) is 35.9 Å². The van der Waals surface area contributed by atoms with Gasteiger partial charge < -0.3 is 31.9 Å². The number of carbonyl (C=O) groups excluding carboxylic acids is 3. The SMILES string of the molecule is CCC(C)C(NC(=O)C(N)Cc1ccccc1)C(=O)NC(CCC(=O)O)C(=O)NC(C(=O)O)C(C)C. The van der Waals surface area contributed by atoms with Gasteiger partial charge in [0.2, 0.25) is 17.7 Å². The Kier molecular flexibility index (Phi) is 12.6. The molecule has 0 aliphatic rings. The lowest BCUT2D eigenvalue weighted by atomic mass is 9.96. The summed E-state index contributed by atoms with van der Waals surface area (Å²) in [5.41, 5.74) is 6.91. The smallest absolute Gasteiger partial charge is 0.326 e. The maximum absolute atomic E-state index is 13.2. The number of nitrogens with one attached hydrogen (secondary N) is 3. The molecule has 5 atom stereocenters. The van der Waals surface area contributed by atoms with Gasteiger partial charge in [-0.05, 0) is 30.2 Å². The molecule has 0 saturated carbocycles. The van der Waals surface area contributed by atoms with E-state index in [1.54, 1.807) is 20.8 Å². The highest BCUT2D eigenvalue weighted by atomic mass is 16.4. The van der Waals surface area contributed by atoms with Gasteiger partial charge in [-0.2, -0.15) is 0 Å². The van der Waals surface area contributed by atoms with Gasteiger partial charge in [0.15, 0.2) is 0 Å². The summed E-state index contributed by atoms with van der Waals surface area (Å²) in [7, 11) is 0. The number of benzene rings is 1. The van der Waals surface area contributed by atoms with Crippen molar-refractivity contribution in [1.29, 1.82) is 0 Å². The van der Waals surface area contributed by atoms with Gasteiger partial charge in [0.05, 0.1) is 6.04 Å². The van der Waals surface area contributed by atoms with Crippen molar-refractivity contribution in [1.82, 2.24) is 16.0 Å². The normalized spacial score (nSPS) is 15.2. The van der Waals surface area contributed by atoms with Crippen LogP contribution in [0.25, 0.3) is 0 Å². The second-order valence-electron chi connectivity index (χ2n) is 9.23. The third kappa shape index (κ3) is 10.0. The van der Waals surface area contributed by atoms with Crippen molar-refractivity contribution in [2.75, 3.05) is 0 Å². The van der Waals surface area contributed by atoms with Gasteiger partial charge in [-0.25, -0.2) is 4.79 Å². The first-order valence-electron chi connectivity index (χ1n) is 12.0. The summed E-state index contributed by atoms with van der Waals surface area (Å²) >= 11 is 0. The van der Waals surface area contributed by atoms with Crippen LogP contribution in [0.5, 0.6) is 0 Å². The minimum Gasteiger partial charge on any atom is -0.481 e. The lowest BCUT2D eigenvalue weighted by Crippen LogP contribution is -2.59. The van der Waals surface area contributed by atoms with Crippen LogP contribution in [-0.2, 0) is 30.4 Å². The van der Waals surface area contributed by atoms with E-state index in [0.29, 0.717) is 6.42 Å². The molecule has 0 aliphatic heterocycles. The molecule has 0 radical (unpaired) electrons. The minimum absolute atomic E-state index is 0.258. The van der Waals surface area contributed by atoms with Crippen molar-refractivity contribution in [2.45, 2.75) is 77.5 Å². The van der Waals surface area contributed by atoms with Crippen molar-refractivity contribution < 1.29 is 34.2 Å². The Morgan fingerprint density at radius 2 is 1.44 bits per heavy atom. The van der Waals surface area contributed by atoms with Crippen LogP contribution in [0.15, 0.2) is 30.3 Å². The molecule has 1 aromatic rings. The molecular formula is C25H38N4O7. The highest BCUT2D eigenvalue weighted by Gasteiger charge is 2.33. The van der Waals surface area contributed by atoms with Crippen LogP contribution < -0.4 is 21.7 Å². The number of rotatable bonds is 15. The van der Waals surface area contributed by atoms with Crippen molar-refractivity contribution >= 4 is 29.7 Å². The standard InChI is InChI=1S/C25H38N4O7/c1-5-15(4)21(29-22(32)17(26)13-16-9-7-6-8-10-16)24(34)27-18(11-12-19(30)31)23(33)28-20(14(2)3)25(35)36/h6-10,14-15,17-18,20-21H,5,11-13,26H2,1-4H3,(H,27,34)(H,28,33)(H,29,32)(H,30,31)(H,35,36). The van der Waals surface area contributed by atoms with Gasteiger partial charge >= 0.3 is 11.9 Å². The summed E-state index contributed by atoms with van der Waals surface area (Å²) in [5, 5.41) is 26.0. The lowest BCUT2D eigenvalue weighted by Gasteiger charge is -2.28. The van der Waals surface area contributed by atoms with Crippen molar-refractivity contribution in [3.63, 3.8) is 0 Å². The Bertz CT molecular complexity index is 907. The van der Waals surface area contributed by atoms with E-state index in [-0.39, 0.29) is 18.8 Å². The number of hydrogen-bond donors (Lipinski definition) is 6. The summed E-state index contributed by atoms with van der Waals surface area (Å²) in [6.45, 7) is 6.79. The fourth-order valence-corrected chi connectivity index (χ4v) is 3.49. The predicted octanol–water partition coefficient (Wildman–Crippen LogP) is 0.662. The number of aliphatic carboxylic acids is 2. The molecule has 0 fully saturated rings. The van der Waals surface area contributed by atoms with E-state index in [2.05, 4.69) is 16.0 Å². The van der Waals surface area contributed by atoms with Crippen LogP contribution in [0, 0.1) is 11.8 Å². The topological polar surface area (TPSA) is 188 Å². The molecule has 0 aliphatic carbocycles. The number of amides is 3. The van der Waals surface area contributed by atoms with E-state index >= 15 is 0 Å². The molecule has 11 nitrogen and oxygen atoms in total. The molecule has 1 aromatic carbocycles. The first kappa shape index (κ1) is 30.6. The van der Waals surface area contributed by atoms with Crippen LogP contribution in [0.2, 0.25) is 0 Å². The molecule has 0 aromatic heterocycles. The monoisotopic (exact) mass is 506 g/mol. The molecule has 0 saturated heterocycles. The number of carboxylic acids is 2. The molecule has 0 spiro atoms. The quantitative estimate of drug-likeness (QED) is 0.200. The molecule has 7 N–H and O–H groups in total. The van der Waals surface area contributed by atoms with E-state index in [0.717, 1.165) is 5.56 Å². The Morgan fingerprint density at radius 1 is 0.861 bits per heavy atom. The maximum Gasteiger partial charge on any atom is 0.326 e. The van der Waals surface area contributed by atoms with Gasteiger partial charge in [0, 0.05) is 6.42 Å². The Hall–Kier alpha value is -3.47.